The first-order chi connectivity index (χ1) is 8.58. The fraction of sp³-hybridized carbons (Fsp3) is 0.167. The summed E-state index contributed by atoms with van der Waals surface area (Å²) in [6.45, 7) is 0.225. The van der Waals surface area contributed by atoms with Gasteiger partial charge in [0.15, 0.2) is 0 Å². The van der Waals surface area contributed by atoms with Crippen molar-refractivity contribution in [2.75, 3.05) is 12.3 Å². The number of anilines is 1. The van der Waals surface area contributed by atoms with Gasteiger partial charge in [0.25, 0.3) is 5.91 Å². The third-order valence-corrected chi connectivity index (χ3v) is 2.61. The molecule has 1 aromatic heterocycles. The zero-order valence-corrected chi connectivity index (χ0v) is 9.69. The molecule has 6 heteroatoms. The van der Waals surface area contributed by atoms with Gasteiger partial charge < -0.3 is 21.8 Å². The molecular formula is C12H14N4O2. The van der Waals surface area contributed by atoms with Gasteiger partial charge in [0, 0.05) is 35.8 Å². The molecule has 0 radical (unpaired) electrons. The molecule has 1 heterocycles. The molecule has 18 heavy (non-hydrogen) atoms. The standard InChI is InChI=1S/C12H14N4O2/c13-7-1-2-10-8(5-7)9(6-16-10)12(18)15-4-3-11(14)17/h1-2,5-6,16H,3-4,13H2,(H2,14,17)(H,15,18). The Morgan fingerprint density at radius 2 is 2.11 bits per heavy atom. The summed E-state index contributed by atoms with van der Waals surface area (Å²) >= 11 is 0. The quantitative estimate of drug-likeness (QED) is 0.584. The van der Waals surface area contributed by atoms with Gasteiger partial charge >= 0.3 is 0 Å². The summed E-state index contributed by atoms with van der Waals surface area (Å²) in [6.07, 6.45) is 1.74. The Balaban J connectivity index is 2.17. The van der Waals surface area contributed by atoms with Crippen LogP contribution >= 0.6 is 0 Å². The van der Waals surface area contributed by atoms with E-state index in [0.29, 0.717) is 11.3 Å². The molecule has 2 aromatic rings. The van der Waals surface area contributed by atoms with E-state index in [1.54, 1.807) is 18.3 Å². The minimum Gasteiger partial charge on any atom is -0.399 e. The molecule has 0 atom stereocenters. The number of hydrogen-bond donors (Lipinski definition) is 4. The van der Waals surface area contributed by atoms with Crippen LogP contribution in [-0.4, -0.2) is 23.3 Å². The van der Waals surface area contributed by atoms with Crippen molar-refractivity contribution in [2.45, 2.75) is 6.42 Å². The molecule has 6 N–H and O–H groups in total. The Hall–Kier alpha value is -2.50. The molecule has 1 aromatic carbocycles. The van der Waals surface area contributed by atoms with Gasteiger partial charge in [0.1, 0.15) is 0 Å². The van der Waals surface area contributed by atoms with Gasteiger partial charge in [-0.15, -0.1) is 0 Å². The maximum absolute atomic E-state index is 11.9. The molecule has 94 valence electrons. The molecule has 0 saturated heterocycles. The fourth-order valence-electron chi connectivity index (χ4n) is 1.72. The molecule has 0 spiro atoms. The van der Waals surface area contributed by atoms with E-state index in [9.17, 15) is 9.59 Å². The van der Waals surface area contributed by atoms with Gasteiger partial charge in [0.05, 0.1) is 5.56 Å². The van der Waals surface area contributed by atoms with Gasteiger partial charge in [-0.2, -0.15) is 0 Å². The predicted octanol–water partition coefficient (Wildman–Crippen LogP) is 0.355. The van der Waals surface area contributed by atoms with E-state index in [-0.39, 0.29) is 18.9 Å². The number of H-pyrrole nitrogens is 1. The van der Waals surface area contributed by atoms with E-state index < -0.39 is 5.91 Å². The summed E-state index contributed by atoms with van der Waals surface area (Å²) in [6, 6.07) is 5.30. The average Bonchev–Trinajstić information content (AvgIpc) is 2.71. The molecule has 6 nitrogen and oxygen atoms in total. The predicted molar refractivity (Wildman–Crippen MR) is 68.9 cm³/mol. The highest BCUT2D eigenvalue weighted by Crippen LogP contribution is 2.20. The van der Waals surface area contributed by atoms with Crippen molar-refractivity contribution in [1.82, 2.24) is 10.3 Å². The Bertz CT molecular complexity index is 603. The summed E-state index contributed by atoms with van der Waals surface area (Å²) in [5.41, 5.74) is 12.6. The lowest BCUT2D eigenvalue weighted by Crippen LogP contribution is -2.27. The number of carbonyl (C=O) groups is 2. The zero-order chi connectivity index (χ0) is 13.1. The lowest BCUT2D eigenvalue weighted by atomic mass is 10.1. The monoisotopic (exact) mass is 246 g/mol. The molecule has 0 aliphatic rings. The third-order valence-electron chi connectivity index (χ3n) is 2.61. The van der Waals surface area contributed by atoms with Crippen LogP contribution in [-0.2, 0) is 4.79 Å². The highest BCUT2D eigenvalue weighted by molar-refractivity contribution is 6.07. The summed E-state index contributed by atoms with van der Waals surface area (Å²) in [5.74, 6) is -0.702. The van der Waals surface area contributed by atoms with E-state index in [2.05, 4.69) is 10.3 Å². The first-order valence-corrected chi connectivity index (χ1v) is 5.51. The molecule has 0 aliphatic carbocycles. The second kappa shape index (κ2) is 4.79. The zero-order valence-electron chi connectivity index (χ0n) is 9.69. The Morgan fingerprint density at radius 1 is 1.33 bits per heavy atom. The molecule has 2 rings (SSSR count). The van der Waals surface area contributed by atoms with Crippen LogP contribution in [0.25, 0.3) is 10.9 Å². The number of fused-ring (bicyclic) bond motifs is 1. The van der Waals surface area contributed by atoms with Crippen molar-refractivity contribution in [3.63, 3.8) is 0 Å². The van der Waals surface area contributed by atoms with Crippen LogP contribution in [0.5, 0.6) is 0 Å². The maximum Gasteiger partial charge on any atom is 0.253 e. The summed E-state index contributed by atoms with van der Waals surface area (Å²) in [7, 11) is 0. The fourth-order valence-corrected chi connectivity index (χ4v) is 1.72. The second-order valence-electron chi connectivity index (χ2n) is 3.98. The van der Waals surface area contributed by atoms with E-state index in [0.717, 1.165) is 10.9 Å². The number of nitrogens with two attached hydrogens (primary N) is 2. The SMILES string of the molecule is NC(=O)CCNC(=O)c1c[nH]c2ccc(N)cc12. The number of carbonyl (C=O) groups excluding carboxylic acids is 2. The van der Waals surface area contributed by atoms with Crippen molar-refractivity contribution in [3.8, 4) is 0 Å². The Kier molecular flexibility index (Phi) is 3.18. The number of nitrogens with one attached hydrogen (secondary N) is 2. The van der Waals surface area contributed by atoms with Gasteiger partial charge in [-0.25, -0.2) is 0 Å². The van der Waals surface area contributed by atoms with Crippen molar-refractivity contribution in [2.24, 2.45) is 5.73 Å². The number of benzene rings is 1. The molecule has 0 saturated carbocycles. The van der Waals surface area contributed by atoms with Crippen LogP contribution < -0.4 is 16.8 Å². The van der Waals surface area contributed by atoms with Gasteiger partial charge in [-0.3, -0.25) is 9.59 Å². The van der Waals surface area contributed by atoms with Crippen LogP contribution in [0.3, 0.4) is 0 Å². The number of aromatic nitrogens is 1. The van der Waals surface area contributed by atoms with E-state index in [1.807, 2.05) is 6.07 Å². The molecule has 0 aliphatic heterocycles. The summed E-state index contributed by atoms with van der Waals surface area (Å²) in [4.78, 5) is 25.4. The largest absolute Gasteiger partial charge is 0.399 e. The minimum absolute atomic E-state index is 0.121. The average molecular weight is 246 g/mol. The number of hydrogen-bond acceptors (Lipinski definition) is 3. The highest BCUT2D eigenvalue weighted by Gasteiger charge is 2.11. The van der Waals surface area contributed by atoms with E-state index in [1.165, 1.54) is 0 Å². The topological polar surface area (TPSA) is 114 Å². The molecule has 0 bridgehead atoms. The summed E-state index contributed by atoms with van der Waals surface area (Å²) in [5, 5.41) is 3.38. The third kappa shape index (κ3) is 2.42. The van der Waals surface area contributed by atoms with E-state index >= 15 is 0 Å². The van der Waals surface area contributed by atoms with Crippen LogP contribution in [0.1, 0.15) is 16.8 Å². The minimum atomic E-state index is -0.446. The van der Waals surface area contributed by atoms with Crippen molar-refractivity contribution < 1.29 is 9.59 Å². The number of primary amides is 1. The lowest BCUT2D eigenvalue weighted by Gasteiger charge is -2.02. The van der Waals surface area contributed by atoms with Gasteiger partial charge in [0.2, 0.25) is 5.91 Å². The van der Waals surface area contributed by atoms with Gasteiger partial charge in [-0.05, 0) is 18.2 Å². The maximum atomic E-state index is 11.9. The lowest BCUT2D eigenvalue weighted by molar-refractivity contribution is -0.117. The smallest absolute Gasteiger partial charge is 0.253 e. The van der Waals surface area contributed by atoms with Crippen LogP contribution in [0.15, 0.2) is 24.4 Å². The number of amides is 2. The molecule has 0 fully saturated rings. The molecule has 0 unspecified atom stereocenters. The van der Waals surface area contributed by atoms with Crippen LogP contribution in [0, 0.1) is 0 Å². The number of rotatable bonds is 4. The number of aromatic amines is 1. The van der Waals surface area contributed by atoms with Crippen molar-refractivity contribution in [3.05, 3.63) is 30.0 Å². The molecular weight excluding hydrogens is 232 g/mol. The first-order valence-electron chi connectivity index (χ1n) is 5.51. The van der Waals surface area contributed by atoms with Crippen LogP contribution in [0.2, 0.25) is 0 Å². The summed E-state index contributed by atoms with van der Waals surface area (Å²) < 4.78 is 0. The highest BCUT2D eigenvalue weighted by atomic mass is 16.2. The molecule has 2 amide bonds. The Labute approximate surface area is 103 Å². The van der Waals surface area contributed by atoms with E-state index in [4.69, 9.17) is 11.5 Å². The Morgan fingerprint density at radius 3 is 2.83 bits per heavy atom. The van der Waals surface area contributed by atoms with Gasteiger partial charge in [-0.1, -0.05) is 0 Å². The van der Waals surface area contributed by atoms with Crippen molar-refractivity contribution >= 4 is 28.4 Å². The number of nitrogen functional groups attached to an aromatic ring is 1. The normalized spacial score (nSPS) is 10.4. The second-order valence-corrected chi connectivity index (χ2v) is 3.98. The first kappa shape index (κ1) is 12.0. The van der Waals surface area contributed by atoms with Crippen LogP contribution in [0.4, 0.5) is 5.69 Å². The van der Waals surface area contributed by atoms with Crippen molar-refractivity contribution in [1.29, 1.82) is 0 Å².